The summed E-state index contributed by atoms with van der Waals surface area (Å²) >= 11 is 6.32. The summed E-state index contributed by atoms with van der Waals surface area (Å²) in [5, 5.41) is 20.7. The summed E-state index contributed by atoms with van der Waals surface area (Å²) in [6, 6.07) is 12.9. The molecule has 1 amide bonds. The number of nitrogens with zero attached hydrogens (tertiary/aromatic N) is 3. The zero-order valence-corrected chi connectivity index (χ0v) is 15.5. The van der Waals surface area contributed by atoms with Crippen molar-refractivity contribution in [1.29, 1.82) is 0 Å². The SMILES string of the molecule is CNC(=O)[C@H](Nc1cccc(-c2nn[nH]n2)c1)c1cc(Cl)cc(C2CC2)c1. The third-order valence-corrected chi connectivity index (χ3v) is 4.83. The molecule has 3 aromatic rings. The first-order valence-corrected chi connectivity index (χ1v) is 9.14. The molecule has 1 atom stereocenters. The van der Waals surface area contributed by atoms with Crippen molar-refractivity contribution in [1.82, 2.24) is 25.9 Å². The first-order chi connectivity index (χ1) is 13.1. The smallest absolute Gasteiger partial charge is 0.246 e. The lowest BCUT2D eigenvalue weighted by Crippen LogP contribution is -2.31. The van der Waals surface area contributed by atoms with Gasteiger partial charge in [0.2, 0.25) is 11.7 Å². The quantitative estimate of drug-likeness (QED) is 0.608. The Morgan fingerprint density at radius 1 is 1.26 bits per heavy atom. The Balaban J connectivity index is 1.66. The molecule has 7 nitrogen and oxygen atoms in total. The average Bonchev–Trinajstić information content (AvgIpc) is 3.39. The van der Waals surface area contributed by atoms with Crippen LogP contribution in [0.5, 0.6) is 0 Å². The topological polar surface area (TPSA) is 95.6 Å². The fourth-order valence-electron chi connectivity index (χ4n) is 3.10. The van der Waals surface area contributed by atoms with Crippen LogP contribution in [0.2, 0.25) is 5.02 Å². The molecule has 138 valence electrons. The lowest BCUT2D eigenvalue weighted by atomic mass is 10.0. The monoisotopic (exact) mass is 382 g/mol. The zero-order valence-electron chi connectivity index (χ0n) is 14.7. The van der Waals surface area contributed by atoms with Crippen LogP contribution in [-0.2, 0) is 4.79 Å². The molecule has 1 aliphatic carbocycles. The van der Waals surface area contributed by atoms with Crippen LogP contribution in [0.3, 0.4) is 0 Å². The van der Waals surface area contributed by atoms with Gasteiger partial charge in [-0.15, -0.1) is 10.2 Å². The molecule has 1 aliphatic rings. The van der Waals surface area contributed by atoms with Crippen LogP contribution in [-0.4, -0.2) is 33.6 Å². The molecule has 4 rings (SSSR count). The maximum Gasteiger partial charge on any atom is 0.246 e. The zero-order chi connectivity index (χ0) is 18.8. The number of hydrogen-bond donors (Lipinski definition) is 3. The Hall–Kier alpha value is -2.93. The molecule has 3 N–H and O–H groups in total. The maximum absolute atomic E-state index is 12.6. The van der Waals surface area contributed by atoms with E-state index in [4.69, 9.17) is 11.6 Å². The van der Waals surface area contributed by atoms with Gasteiger partial charge in [0.1, 0.15) is 6.04 Å². The van der Waals surface area contributed by atoms with E-state index in [2.05, 4.69) is 37.3 Å². The van der Waals surface area contributed by atoms with E-state index in [-0.39, 0.29) is 5.91 Å². The van der Waals surface area contributed by atoms with E-state index in [0.717, 1.165) is 16.8 Å². The normalized spacial score (nSPS) is 14.6. The second-order valence-corrected chi connectivity index (χ2v) is 7.04. The molecule has 0 aliphatic heterocycles. The molecule has 1 heterocycles. The van der Waals surface area contributed by atoms with Gasteiger partial charge >= 0.3 is 0 Å². The molecule has 1 fully saturated rings. The van der Waals surface area contributed by atoms with Gasteiger partial charge < -0.3 is 10.6 Å². The van der Waals surface area contributed by atoms with E-state index in [0.29, 0.717) is 16.8 Å². The van der Waals surface area contributed by atoms with Crippen LogP contribution in [0.15, 0.2) is 42.5 Å². The van der Waals surface area contributed by atoms with Crippen molar-refractivity contribution < 1.29 is 4.79 Å². The number of likely N-dealkylation sites (N-methyl/N-ethyl adjacent to an activating group) is 1. The van der Waals surface area contributed by atoms with Gasteiger partial charge in [-0.1, -0.05) is 29.8 Å². The molecular formula is C19H19ClN6O. The fraction of sp³-hybridized carbons (Fsp3) is 0.263. The molecule has 0 bridgehead atoms. The Morgan fingerprint density at radius 3 is 2.81 bits per heavy atom. The molecule has 27 heavy (non-hydrogen) atoms. The van der Waals surface area contributed by atoms with Gasteiger partial charge in [-0.2, -0.15) is 5.21 Å². The highest BCUT2D eigenvalue weighted by Crippen LogP contribution is 2.42. The van der Waals surface area contributed by atoms with Gasteiger partial charge in [0.25, 0.3) is 0 Å². The average molecular weight is 383 g/mol. The number of aromatic nitrogens is 4. The van der Waals surface area contributed by atoms with Gasteiger partial charge in [0, 0.05) is 23.3 Å². The molecule has 0 unspecified atom stereocenters. The summed E-state index contributed by atoms with van der Waals surface area (Å²) in [4.78, 5) is 12.6. The summed E-state index contributed by atoms with van der Waals surface area (Å²) in [5.74, 6) is 0.909. The largest absolute Gasteiger partial charge is 0.370 e. The number of nitrogens with one attached hydrogen (secondary N) is 3. The molecule has 0 radical (unpaired) electrons. The molecule has 0 saturated heterocycles. The Bertz CT molecular complexity index is 955. The number of carbonyl (C=O) groups is 1. The Kier molecular flexibility index (Phi) is 4.77. The summed E-state index contributed by atoms with van der Waals surface area (Å²) in [5.41, 5.74) is 3.61. The van der Waals surface area contributed by atoms with Crippen LogP contribution in [0, 0.1) is 0 Å². The predicted molar refractivity (Wildman–Crippen MR) is 103 cm³/mol. The van der Waals surface area contributed by atoms with Gasteiger partial charge in [-0.05, 0) is 59.4 Å². The van der Waals surface area contributed by atoms with Gasteiger partial charge in [-0.25, -0.2) is 0 Å². The van der Waals surface area contributed by atoms with Crippen molar-refractivity contribution in [3.63, 3.8) is 0 Å². The number of carbonyl (C=O) groups excluding carboxylic acids is 1. The molecule has 8 heteroatoms. The first-order valence-electron chi connectivity index (χ1n) is 8.76. The predicted octanol–water partition coefficient (Wildman–Crippen LogP) is 3.30. The minimum Gasteiger partial charge on any atom is -0.370 e. The van der Waals surface area contributed by atoms with Crippen LogP contribution in [0.25, 0.3) is 11.4 Å². The molecule has 0 spiro atoms. The highest BCUT2D eigenvalue weighted by molar-refractivity contribution is 6.30. The molecule has 1 aromatic heterocycles. The number of aromatic amines is 1. The third kappa shape index (κ3) is 3.93. The number of anilines is 1. The van der Waals surface area contributed by atoms with E-state index in [1.807, 2.05) is 36.4 Å². The molecule has 1 saturated carbocycles. The number of halogens is 1. The van der Waals surface area contributed by atoms with E-state index >= 15 is 0 Å². The summed E-state index contributed by atoms with van der Waals surface area (Å²) in [7, 11) is 1.62. The number of benzene rings is 2. The number of amides is 1. The lowest BCUT2D eigenvalue weighted by molar-refractivity contribution is -0.121. The van der Waals surface area contributed by atoms with Crippen molar-refractivity contribution in [3.05, 3.63) is 58.6 Å². The highest BCUT2D eigenvalue weighted by Gasteiger charge is 2.27. The lowest BCUT2D eigenvalue weighted by Gasteiger charge is -2.20. The van der Waals surface area contributed by atoms with E-state index in [1.54, 1.807) is 7.05 Å². The standard InChI is InChI=1S/C19H19ClN6O/c1-21-19(27)17(14-7-13(11-5-6-11)8-15(20)9-14)22-16-4-2-3-12(10-16)18-23-25-26-24-18/h2-4,7-11,17,22H,5-6H2,1H3,(H,21,27)(H,23,24,25,26)/t17-/m1/s1. The van der Waals surface area contributed by atoms with E-state index in [9.17, 15) is 4.79 Å². The van der Waals surface area contributed by atoms with Crippen molar-refractivity contribution in [2.24, 2.45) is 0 Å². The Labute approximate surface area is 161 Å². The van der Waals surface area contributed by atoms with Crippen LogP contribution in [0.4, 0.5) is 5.69 Å². The van der Waals surface area contributed by atoms with Crippen LogP contribution in [0.1, 0.15) is 35.9 Å². The van der Waals surface area contributed by atoms with Crippen LogP contribution < -0.4 is 10.6 Å². The minimum atomic E-state index is -0.563. The maximum atomic E-state index is 12.6. The van der Waals surface area contributed by atoms with Crippen molar-refractivity contribution in [2.75, 3.05) is 12.4 Å². The van der Waals surface area contributed by atoms with E-state index in [1.165, 1.54) is 18.4 Å². The second kappa shape index (κ2) is 7.36. The third-order valence-electron chi connectivity index (χ3n) is 4.61. The van der Waals surface area contributed by atoms with Gasteiger partial charge in [0.05, 0.1) is 0 Å². The summed E-state index contributed by atoms with van der Waals surface area (Å²) in [6.07, 6.45) is 2.34. The van der Waals surface area contributed by atoms with Crippen molar-refractivity contribution >= 4 is 23.2 Å². The number of H-pyrrole nitrogens is 1. The van der Waals surface area contributed by atoms with Crippen molar-refractivity contribution in [2.45, 2.75) is 24.8 Å². The van der Waals surface area contributed by atoms with Crippen LogP contribution >= 0.6 is 11.6 Å². The summed E-state index contributed by atoms with van der Waals surface area (Å²) in [6.45, 7) is 0. The van der Waals surface area contributed by atoms with E-state index < -0.39 is 6.04 Å². The van der Waals surface area contributed by atoms with Crippen molar-refractivity contribution in [3.8, 4) is 11.4 Å². The number of rotatable bonds is 6. The Morgan fingerprint density at radius 2 is 2.11 bits per heavy atom. The van der Waals surface area contributed by atoms with Gasteiger partial charge in [0.15, 0.2) is 0 Å². The molecular weight excluding hydrogens is 364 g/mol. The first kappa shape index (κ1) is 17.5. The molecule has 2 aromatic carbocycles. The van der Waals surface area contributed by atoms with Gasteiger partial charge in [-0.3, -0.25) is 4.79 Å². The fourth-order valence-corrected chi connectivity index (χ4v) is 3.35. The highest BCUT2D eigenvalue weighted by atomic mass is 35.5. The number of tetrazole rings is 1. The minimum absolute atomic E-state index is 0.135. The second-order valence-electron chi connectivity index (χ2n) is 6.60. The summed E-state index contributed by atoms with van der Waals surface area (Å²) < 4.78 is 0. The number of hydrogen-bond acceptors (Lipinski definition) is 5.